The number of benzene rings is 1. The summed E-state index contributed by atoms with van der Waals surface area (Å²) in [4.78, 5) is 7.94. The van der Waals surface area contributed by atoms with E-state index < -0.39 is 0 Å². The van der Waals surface area contributed by atoms with Crippen molar-refractivity contribution in [3.8, 4) is 5.75 Å². The van der Waals surface area contributed by atoms with Crippen molar-refractivity contribution in [2.75, 3.05) is 12.3 Å². The van der Waals surface area contributed by atoms with E-state index in [-0.39, 0.29) is 5.28 Å². The number of fused-ring (bicyclic) bond motifs is 1. The maximum atomic E-state index is 5.71. The molecular weight excluding hydrogens is 214 g/mol. The molecule has 0 saturated heterocycles. The summed E-state index contributed by atoms with van der Waals surface area (Å²) in [5, 5.41) is 0.927. The molecule has 1 aromatic carbocycles. The van der Waals surface area contributed by atoms with E-state index in [1.54, 1.807) is 6.07 Å². The summed E-state index contributed by atoms with van der Waals surface area (Å²) >= 11 is 5.71. The van der Waals surface area contributed by atoms with Crippen molar-refractivity contribution >= 4 is 28.3 Å². The predicted molar refractivity (Wildman–Crippen MR) is 60.1 cm³/mol. The first-order chi connectivity index (χ1) is 7.20. The lowest BCUT2D eigenvalue weighted by atomic mass is 10.2. The maximum absolute atomic E-state index is 5.71. The smallest absolute Gasteiger partial charge is 0.224 e. The molecular formula is C10H10ClN3O. The number of rotatable bonds is 2. The summed E-state index contributed by atoms with van der Waals surface area (Å²) in [6.45, 7) is 2.53. The van der Waals surface area contributed by atoms with E-state index in [9.17, 15) is 0 Å². The van der Waals surface area contributed by atoms with Crippen molar-refractivity contribution in [2.24, 2.45) is 0 Å². The van der Waals surface area contributed by atoms with Crippen LogP contribution in [0.25, 0.3) is 10.9 Å². The van der Waals surface area contributed by atoms with E-state index in [0.717, 1.165) is 11.1 Å². The number of halogens is 1. The van der Waals surface area contributed by atoms with Crippen LogP contribution >= 0.6 is 11.6 Å². The van der Waals surface area contributed by atoms with Gasteiger partial charge in [-0.1, -0.05) is 0 Å². The van der Waals surface area contributed by atoms with Crippen molar-refractivity contribution < 1.29 is 4.74 Å². The fraction of sp³-hybridized carbons (Fsp3) is 0.200. The topological polar surface area (TPSA) is 61.0 Å². The second-order valence-corrected chi connectivity index (χ2v) is 3.33. The van der Waals surface area contributed by atoms with Crippen LogP contribution in [-0.4, -0.2) is 16.6 Å². The summed E-state index contributed by atoms with van der Waals surface area (Å²) in [6.07, 6.45) is 0. The lowest BCUT2D eigenvalue weighted by molar-refractivity contribution is 0.340. The van der Waals surface area contributed by atoms with E-state index in [4.69, 9.17) is 22.1 Å². The Balaban J connectivity index is 2.60. The normalized spacial score (nSPS) is 10.5. The zero-order valence-corrected chi connectivity index (χ0v) is 8.95. The molecule has 0 fully saturated rings. The molecule has 0 bridgehead atoms. The van der Waals surface area contributed by atoms with Gasteiger partial charge in [0.05, 0.1) is 12.1 Å². The molecule has 0 aliphatic heterocycles. The third kappa shape index (κ3) is 1.94. The number of hydrogen-bond acceptors (Lipinski definition) is 4. The molecule has 0 radical (unpaired) electrons. The molecule has 0 amide bonds. The third-order valence-corrected chi connectivity index (χ3v) is 2.15. The van der Waals surface area contributed by atoms with Gasteiger partial charge in [-0.25, -0.2) is 9.97 Å². The maximum Gasteiger partial charge on any atom is 0.224 e. The number of aromatic nitrogens is 2. The molecule has 2 rings (SSSR count). The summed E-state index contributed by atoms with van der Waals surface area (Å²) in [5.41, 5.74) is 6.40. The van der Waals surface area contributed by atoms with Crippen LogP contribution in [0.3, 0.4) is 0 Å². The van der Waals surface area contributed by atoms with Gasteiger partial charge in [-0.15, -0.1) is 0 Å². The first kappa shape index (κ1) is 9.98. The zero-order valence-electron chi connectivity index (χ0n) is 8.20. The minimum absolute atomic E-state index is 0.147. The Bertz CT molecular complexity index is 501. The Morgan fingerprint density at radius 2 is 2.20 bits per heavy atom. The monoisotopic (exact) mass is 223 g/mol. The predicted octanol–water partition coefficient (Wildman–Crippen LogP) is 2.26. The van der Waals surface area contributed by atoms with Crippen molar-refractivity contribution in [3.63, 3.8) is 0 Å². The van der Waals surface area contributed by atoms with Gasteiger partial charge < -0.3 is 10.5 Å². The molecule has 0 aliphatic rings. The zero-order chi connectivity index (χ0) is 10.8. The molecule has 1 aromatic heterocycles. The van der Waals surface area contributed by atoms with Crippen molar-refractivity contribution in [1.82, 2.24) is 9.97 Å². The Morgan fingerprint density at radius 1 is 1.40 bits per heavy atom. The highest BCUT2D eigenvalue weighted by Gasteiger charge is 2.04. The third-order valence-electron chi connectivity index (χ3n) is 1.98. The summed E-state index contributed by atoms with van der Waals surface area (Å²) in [7, 11) is 0. The highest BCUT2D eigenvalue weighted by molar-refractivity contribution is 6.28. The van der Waals surface area contributed by atoms with E-state index >= 15 is 0 Å². The van der Waals surface area contributed by atoms with Crippen LogP contribution in [0, 0.1) is 0 Å². The molecule has 2 N–H and O–H groups in total. The standard InChI is InChI=1S/C10H10ClN3O/c1-2-15-6-3-4-7-8(5-6)13-10(11)14-9(7)12/h3-5H,2H2,1H3,(H2,12,13,14). The SMILES string of the molecule is CCOc1ccc2c(N)nc(Cl)nc2c1. The lowest BCUT2D eigenvalue weighted by Gasteiger charge is -2.05. The average molecular weight is 224 g/mol. The van der Waals surface area contributed by atoms with Gasteiger partial charge in [0.2, 0.25) is 5.28 Å². The summed E-state index contributed by atoms with van der Waals surface area (Å²) in [6, 6.07) is 5.45. The van der Waals surface area contributed by atoms with Crippen LogP contribution in [0.5, 0.6) is 5.75 Å². The van der Waals surface area contributed by atoms with Crippen molar-refractivity contribution in [2.45, 2.75) is 6.92 Å². The van der Waals surface area contributed by atoms with Gasteiger partial charge >= 0.3 is 0 Å². The van der Waals surface area contributed by atoms with Gasteiger partial charge in [-0.3, -0.25) is 0 Å². The second kappa shape index (κ2) is 3.90. The minimum atomic E-state index is 0.147. The molecule has 0 aliphatic carbocycles. The van der Waals surface area contributed by atoms with Gasteiger partial charge in [0.25, 0.3) is 0 Å². The Kier molecular flexibility index (Phi) is 2.60. The van der Waals surface area contributed by atoms with Crippen LogP contribution in [0.2, 0.25) is 5.28 Å². The molecule has 5 heteroatoms. The highest BCUT2D eigenvalue weighted by atomic mass is 35.5. The van der Waals surface area contributed by atoms with Crippen LogP contribution in [0.4, 0.5) is 5.82 Å². The first-order valence-corrected chi connectivity index (χ1v) is 4.94. The van der Waals surface area contributed by atoms with Crippen LogP contribution < -0.4 is 10.5 Å². The highest BCUT2D eigenvalue weighted by Crippen LogP contribution is 2.23. The summed E-state index contributed by atoms with van der Waals surface area (Å²) < 4.78 is 5.35. The number of anilines is 1. The average Bonchev–Trinajstić information content (AvgIpc) is 2.17. The van der Waals surface area contributed by atoms with Gasteiger partial charge in [0, 0.05) is 11.5 Å². The Morgan fingerprint density at radius 3 is 2.93 bits per heavy atom. The molecule has 2 aromatic rings. The van der Waals surface area contributed by atoms with Gasteiger partial charge in [-0.2, -0.15) is 0 Å². The number of hydrogen-bond donors (Lipinski definition) is 1. The van der Waals surface area contributed by atoms with E-state index in [0.29, 0.717) is 17.9 Å². The molecule has 1 heterocycles. The lowest BCUT2D eigenvalue weighted by Crippen LogP contribution is -1.96. The van der Waals surface area contributed by atoms with Crippen molar-refractivity contribution in [3.05, 3.63) is 23.5 Å². The quantitative estimate of drug-likeness (QED) is 0.794. The number of nitrogens with two attached hydrogens (primary N) is 1. The largest absolute Gasteiger partial charge is 0.494 e. The minimum Gasteiger partial charge on any atom is -0.494 e. The molecule has 78 valence electrons. The molecule has 0 saturated carbocycles. The van der Waals surface area contributed by atoms with Crippen LogP contribution in [0.1, 0.15) is 6.92 Å². The molecule has 4 nitrogen and oxygen atoms in total. The fourth-order valence-electron chi connectivity index (χ4n) is 1.36. The van der Waals surface area contributed by atoms with E-state index in [1.807, 2.05) is 19.1 Å². The molecule has 0 unspecified atom stereocenters. The van der Waals surface area contributed by atoms with E-state index in [1.165, 1.54) is 0 Å². The van der Waals surface area contributed by atoms with Gasteiger partial charge in [0.15, 0.2) is 0 Å². The number of nitrogen functional groups attached to an aromatic ring is 1. The first-order valence-electron chi connectivity index (χ1n) is 4.56. The number of ether oxygens (including phenoxy) is 1. The molecule has 15 heavy (non-hydrogen) atoms. The van der Waals surface area contributed by atoms with Gasteiger partial charge in [0.1, 0.15) is 11.6 Å². The van der Waals surface area contributed by atoms with Gasteiger partial charge in [-0.05, 0) is 30.7 Å². The Labute approximate surface area is 92.0 Å². The molecule has 0 atom stereocenters. The van der Waals surface area contributed by atoms with Crippen LogP contribution in [-0.2, 0) is 0 Å². The molecule has 0 spiro atoms. The Hall–Kier alpha value is -1.55. The van der Waals surface area contributed by atoms with Crippen molar-refractivity contribution in [1.29, 1.82) is 0 Å². The fourth-order valence-corrected chi connectivity index (χ4v) is 1.54. The number of nitrogens with zero attached hydrogens (tertiary/aromatic N) is 2. The van der Waals surface area contributed by atoms with E-state index in [2.05, 4.69) is 9.97 Å². The second-order valence-electron chi connectivity index (χ2n) is 2.99. The summed E-state index contributed by atoms with van der Waals surface area (Å²) in [5.74, 6) is 1.13. The van der Waals surface area contributed by atoms with Crippen LogP contribution in [0.15, 0.2) is 18.2 Å².